The Hall–Kier alpha value is -4.02. The fraction of sp³-hybridized carbons (Fsp3) is 0.0455. The number of nitrogens with zero attached hydrogens (tertiary/aromatic N) is 3. The Kier molecular flexibility index (Phi) is 5.47. The molecule has 0 aliphatic rings. The van der Waals surface area contributed by atoms with Crippen molar-refractivity contribution in [1.82, 2.24) is 9.78 Å². The molecule has 0 saturated heterocycles. The van der Waals surface area contributed by atoms with E-state index >= 15 is 0 Å². The Bertz CT molecular complexity index is 1380. The number of aryl methyl sites for hydroxylation is 1. The van der Waals surface area contributed by atoms with E-state index < -0.39 is 15.1 Å². The highest BCUT2D eigenvalue weighted by Gasteiger charge is 2.12. The minimum atomic E-state index is -3.84. The second-order valence-electron chi connectivity index (χ2n) is 7.16. The molecule has 0 aliphatic carbocycles. The number of nitro benzene ring substituents is 1. The lowest BCUT2D eigenvalue weighted by Crippen LogP contribution is -2.21. The number of hydrogen-bond donors (Lipinski definition) is 2. The largest absolute Gasteiger partial charge is 0.296 e. The molecule has 9 nitrogen and oxygen atoms in total. The topological polar surface area (TPSA) is 133 Å². The summed E-state index contributed by atoms with van der Waals surface area (Å²) in [6, 6.07) is 22.9. The third-order valence-electron chi connectivity index (χ3n) is 4.80. The molecule has 3 N–H and O–H groups in total. The highest BCUT2D eigenvalue weighted by molar-refractivity contribution is 7.90. The van der Waals surface area contributed by atoms with Gasteiger partial charge < -0.3 is 0 Å². The molecule has 0 amide bonds. The first-order valence-corrected chi connectivity index (χ1v) is 11.1. The molecular formula is C22H19N5O4S. The summed E-state index contributed by atoms with van der Waals surface area (Å²) < 4.78 is 26.4. The molecular weight excluding hydrogens is 430 g/mol. The average molecular weight is 449 g/mol. The van der Waals surface area contributed by atoms with E-state index in [-0.39, 0.29) is 5.69 Å². The van der Waals surface area contributed by atoms with Gasteiger partial charge in [-0.1, -0.05) is 24.3 Å². The van der Waals surface area contributed by atoms with Crippen LogP contribution in [-0.4, -0.2) is 23.1 Å². The van der Waals surface area contributed by atoms with Crippen LogP contribution in [0.4, 0.5) is 11.4 Å². The van der Waals surface area contributed by atoms with Gasteiger partial charge in [-0.3, -0.25) is 14.8 Å². The molecule has 0 fully saturated rings. The van der Waals surface area contributed by atoms with Crippen LogP contribution in [0.5, 0.6) is 0 Å². The Morgan fingerprint density at radius 3 is 1.97 bits per heavy atom. The summed E-state index contributed by atoms with van der Waals surface area (Å²) in [5, 5.41) is 20.4. The summed E-state index contributed by atoms with van der Waals surface area (Å²) in [6.45, 7) is 1.89. The molecule has 162 valence electrons. The van der Waals surface area contributed by atoms with E-state index in [9.17, 15) is 18.5 Å². The van der Waals surface area contributed by atoms with Crippen molar-refractivity contribution < 1.29 is 13.3 Å². The van der Waals surface area contributed by atoms with Crippen LogP contribution in [0.1, 0.15) is 5.69 Å². The fourth-order valence-corrected chi connectivity index (χ4v) is 3.81. The van der Waals surface area contributed by atoms with Crippen molar-refractivity contribution in [1.29, 1.82) is 0 Å². The summed E-state index contributed by atoms with van der Waals surface area (Å²) in [7, 11) is -3.84. The van der Waals surface area contributed by atoms with Crippen molar-refractivity contribution in [2.24, 2.45) is 5.14 Å². The van der Waals surface area contributed by atoms with Gasteiger partial charge >= 0.3 is 0 Å². The van der Waals surface area contributed by atoms with E-state index in [0.29, 0.717) is 5.69 Å². The third kappa shape index (κ3) is 4.66. The van der Waals surface area contributed by atoms with Crippen molar-refractivity contribution in [3.63, 3.8) is 0 Å². The number of anilines is 1. The number of rotatable bonds is 6. The van der Waals surface area contributed by atoms with Gasteiger partial charge in [0.2, 0.25) is 0 Å². The lowest BCUT2D eigenvalue weighted by atomic mass is 10.0. The molecule has 0 saturated carbocycles. The zero-order chi connectivity index (χ0) is 22.9. The maximum atomic E-state index is 11.2. The number of aromatic nitrogens is 2. The second kappa shape index (κ2) is 8.25. The van der Waals surface area contributed by atoms with Crippen LogP contribution in [-0.2, 0) is 10.2 Å². The Labute approximate surface area is 184 Å². The van der Waals surface area contributed by atoms with E-state index in [1.54, 1.807) is 41.1 Å². The molecule has 10 heteroatoms. The summed E-state index contributed by atoms with van der Waals surface area (Å²) >= 11 is 0. The third-order valence-corrected chi connectivity index (χ3v) is 5.32. The standard InChI is InChI=1S/C22H19N5O4S/c1-15-14-22(26(24-15)20-12-8-19(9-13-20)25-32(23,30)31)18-4-2-16(3-5-18)17-6-10-21(11-7-17)27(28)29/h2-14,25H,1H3,(H2,23,30,31). The second-order valence-corrected chi connectivity index (χ2v) is 8.45. The van der Waals surface area contributed by atoms with Crippen LogP contribution < -0.4 is 9.86 Å². The molecule has 0 atom stereocenters. The van der Waals surface area contributed by atoms with E-state index in [0.717, 1.165) is 33.8 Å². The quantitative estimate of drug-likeness (QED) is 0.338. The molecule has 0 radical (unpaired) electrons. The Morgan fingerprint density at radius 2 is 1.44 bits per heavy atom. The number of hydrogen-bond acceptors (Lipinski definition) is 5. The zero-order valence-electron chi connectivity index (χ0n) is 17.0. The highest BCUT2D eigenvalue weighted by Crippen LogP contribution is 2.28. The Morgan fingerprint density at radius 1 is 0.906 bits per heavy atom. The first kappa shape index (κ1) is 21.2. The van der Waals surface area contributed by atoms with E-state index in [1.807, 2.05) is 37.3 Å². The monoisotopic (exact) mass is 449 g/mol. The van der Waals surface area contributed by atoms with Gasteiger partial charge in [0.15, 0.2) is 0 Å². The molecule has 4 rings (SSSR count). The lowest BCUT2D eigenvalue weighted by Gasteiger charge is -2.10. The minimum Gasteiger partial charge on any atom is -0.271 e. The first-order chi connectivity index (χ1) is 15.2. The average Bonchev–Trinajstić information content (AvgIpc) is 3.15. The molecule has 32 heavy (non-hydrogen) atoms. The molecule has 0 spiro atoms. The van der Waals surface area contributed by atoms with E-state index in [2.05, 4.69) is 9.82 Å². The summed E-state index contributed by atoms with van der Waals surface area (Å²) in [6.07, 6.45) is 0. The van der Waals surface area contributed by atoms with Crippen molar-refractivity contribution in [2.45, 2.75) is 6.92 Å². The van der Waals surface area contributed by atoms with Crippen LogP contribution in [0, 0.1) is 17.0 Å². The van der Waals surface area contributed by atoms with Gasteiger partial charge in [0, 0.05) is 23.4 Å². The summed E-state index contributed by atoms with van der Waals surface area (Å²) in [5.41, 5.74) is 5.60. The van der Waals surface area contributed by atoms with E-state index in [4.69, 9.17) is 5.14 Å². The number of non-ortho nitro benzene ring substituents is 1. The number of benzene rings is 3. The summed E-state index contributed by atoms with van der Waals surface area (Å²) in [4.78, 5) is 10.4. The molecule has 1 heterocycles. The van der Waals surface area contributed by atoms with Crippen molar-refractivity contribution in [2.75, 3.05) is 4.72 Å². The van der Waals surface area contributed by atoms with Gasteiger partial charge in [0.05, 0.1) is 22.0 Å². The smallest absolute Gasteiger partial charge is 0.271 e. The number of nitrogens with one attached hydrogen (secondary N) is 1. The van der Waals surface area contributed by atoms with Crippen molar-refractivity contribution in [3.05, 3.63) is 94.7 Å². The van der Waals surface area contributed by atoms with Crippen LogP contribution in [0.2, 0.25) is 0 Å². The molecule has 0 bridgehead atoms. The van der Waals surface area contributed by atoms with Gasteiger partial charge in [-0.25, -0.2) is 9.82 Å². The van der Waals surface area contributed by atoms with Crippen molar-refractivity contribution in [3.8, 4) is 28.1 Å². The van der Waals surface area contributed by atoms with Gasteiger partial charge in [-0.15, -0.1) is 0 Å². The molecule has 1 aromatic heterocycles. The van der Waals surface area contributed by atoms with Gasteiger partial charge in [-0.05, 0) is 60.5 Å². The van der Waals surface area contributed by atoms with Crippen molar-refractivity contribution >= 4 is 21.6 Å². The number of nitrogens with two attached hydrogens (primary N) is 1. The summed E-state index contributed by atoms with van der Waals surface area (Å²) in [5.74, 6) is 0. The maximum absolute atomic E-state index is 11.2. The van der Waals surface area contributed by atoms with Gasteiger partial charge in [0.1, 0.15) is 0 Å². The van der Waals surface area contributed by atoms with Crippen LogP contribution in [0.25, 0.3) is 28.1 Å². The molecule has 3 aromatic carbocycles. The molecule has 0 unspecified atom stereocenters. The molecule has 4 aromatic rings. The maximum Gasteiger partial charge on any atom is 0.296 e. The zero-order valence-corrected chi connectivity index (χ0v) is 17.8. The Balaban J connectivity index is 1.63. The normalized spacial score (nSPS) is 11.3. The lowest BCUT2D eigenvalue weighted by molar-refractivity contribution is -0.384. The van der Waals surface area contributed by atoms with E-state index in [1.165, 1.54) is 12.1 Å². The highest BCUT2D eigenvalue weighted by atomic mass is 32.2. The first-order valence-electron chi connectivity index (χ1n) is 9.52. The predicted molar refractivity (Wildman–Crippen MR) is 123 cm³/mol. The number of nitro groups is 1. The predicted octanol–water partition coefficient (Wildman–Crippen LogP) is 4.04. The fourth-order valence-electron chi connectivity index (χ4n) is 3.35. The van der Waals surface area contributed by atoms with Crippen LogP contribution in [0.3, 0.4) is 0 Å². The van der Waals surface area contributed by atoms with Crippen LogP contribution >= 0.6 is 0 Å². The molecule has 0 aliphatic heterocycles. The van der Waals surface area contributed by atoms with Gasteiger partial charge in [-0.2, -0.15) is 13.5 Å². The SMILES string of the molecule is Cc1cc(-c2ccc(-c3ccc([N+](=O)[O-])cc3)cc2)n(-c2ccc(NS(N)(=O)=O)cc2)n1. The van der Waals surface area contributed by atoms with Gasteiger partial charge in [0.25, 0.3) is 15.9 Å². The minimum absolute atomic E-state index is 0.0510. The van der Waals surface area contributed by atoms with Crippen LogP contribution in [0.15, 0.2) is 78.9 Å².